The lowest BCUT2D eigenvalue weighted by Gasteiger charge is -2.33. The summed E-state index contributed by atoms with van der Waals surface area (Å²) < 4.78 is 0. The number of nitrogens with two attached hydrogens (primary N) is 1. The van der Waals surface area contributed by atoms with Crippen LogP contribution in [0.3, 0.4) is 0 Å². The SMILES string of the molecule is CC(N)C1CCN(C(=O)c2cccc(O)c2)CC1. The van der Waals surface area contributed by atoms with Gasteiger partial charge in [-0.3, -0.25) is 4.79 Å². The molecule has 0 radical (unpaired) electrons. The molecule has 0 saturated carbocycles. The summed E-state index contributed by atoms with van der Waals surface area (Å²) in [6.45, 7) is 3.53. The molecule has 0 bridgehead atoms. The highest BCUT2D eigenvalue weighted by Gasteiger charge is 2.25. The molecule has 18 heavy (non-hydrogen) atoms. The second-order valence-electron chi connectivity index (χ2n) is 5.04. The molecule has 4 heteroatoms. The van der Waals surface area contributed by atoms with Gasteiger partial charge < -0.3 is 15.7 Å². The van der Waals surface area contributed by atoms with Gasteiger partial charge in [0.05, 0.1) is 0 Å². The quantitative estimate of drug-likeness (QED) is 0.835. The van der Waals surface area contributed by atoms with E-state index in [0.29, 0.717) is 11.5 Å². The number of rotatable bonds is 2. The van der Waals surface area contributed by atoms with Crippen LogP contribution in [0.4, 0.5) is 0 Å². The van der Waals surface area contributed by atoms with E-state index >= 15 is 0 Å². The predicted molar refractivity (Wildman–Crippen MR) is 70.4 cm³/mol. The molecular formula is C14H20N2O2. The smallest absolute Gasteiger partial charge is 0.253 e. The number of phenolic OH excluding ortho intramolecular Hbond substituents is 1. The van der Waals surface area contributed by atoms with Gasteiger partial charge in [-0.05, 0) is 43.9 Å². The highest BCUT2D eigenvalue weighted by atomic mass is 16.3. The largest absolute Gasteiger partial charge is 0.508 e. The summed E-state index contributed by atoms with van der Waals surface area (Å²) in [5.74, 6) is 0.638. The van der Waals surface area contributed by atoms with Gasteiger partial charge in [0.2, 0.25) is 0 Å². The van der Waals surface area contributed by atoms with Gasteiger partial charge in [-0.25, -0.2) is 0 Å². The Labute approximate surface area is 107 Å². The maximum atomic E-state index is 12.2. The van der Waals surface area contributed by atoms with Crippen LogP contribution in [-0.2, 0) is 0 Å². The predicted octanol–water partition coefficient (Wildman–Crippen LogP) is 1.59. The zero-order valence-corrected chi connectivity index (χ0v) is 10.7. The van der Waals surface area contributed by atoms with Gasteiger partial charge in [0.1, 0.15) is 5.75 Å². The third-order valence-electron chi connectivity index (χ3n) is 3.66. The fourth-order valence-electron chi connectivity index (χ4n) is 2.45. The van der Waals surface area contributed by atoms with Gasteiger partial charge in [-0.15, -0.1) is 0 Å². The average Bonchev–Trinajstić information content (AvgIpc) is 2.38. The van der Waals surface area contributed by atoms with Crippen molar-refractivity contribution in [3.63, 3.8) is 0 Å². The van der Waals surface area contributed by atoms with Gasteiger partial charge in [0.25, 0.3) is 5.91 Å². The minimum atomic E-state index is -0.00553. The van der Waals surface area contributed by atoms with Gasteiger partial charge in [-0.1, -0.05) is 6.07 Å². The Morgan fingerprint density at radius 3 is 2.67 bits per heavy atom. The third-order valence-corrected chi connectivity index (χ3v) is 3.66. The molecule has 1 aliphatic heterocycles. The Bertz CT molecular complexity index is 424. The minimum Gasteiger partial charge on any atom is -0.508 e. The maximum Gasteiger partial charge on any atom is 0.253 e. The van der Waals surface area contributed by atoms with E-state index in [1.165, 1.54) is 6.07 Å². The van der Waals surface area contributed by atoms with Crippen LogP contribution in [0.25, 0.3) is 0 Å². The first kappa shape index (κ1) is 12.9. The first-order valence-corrected chi connectivity index (χ1v) is 6.42. The summed E-state index contributed by atoms with van der Waals surface area (Å²) in [5, 5.41) is 9.39. The second kappa shape index (κ2) is 5.40. The number of hydrogen-bond acceptors (Lipinski definition) is 3. The lowest BCUT2D eigenvalue weighted by atomic mass is 9.90. The zero-order valence-electron chi connectivity index (χ0n) is 10.7. The zero-order chi connectivity index (χ0) is 13.1. The van der Waals surface area contributed by atoms with E-state index in [2.05, 4.69) is 0 Å². The number of aromatic hydroxyl groups is 1. The minimum absolute atomic E-state index is 0.00553. The molecule has 0 aliphatic carbocycles. The van der Waals surface area contributed by atoms with Crippen LogP contribution >= 0.6 is 0 Å². The van der Waals surface area contributed by atoms with E-state index in [1.807, 2.05) is 11.8 Å². The molecule has 98 valence electrons. The van der Waals surface area contributed by atoms with E-state index in [-0.39, 0.29) is 17.7 Å². The van der Waals surface area contributed by atoms with Gasteiger partial charge >= 0.3 is 0 Å². The van der Waals surface area contributed by atoms with Crippen LogP contribution in [0.15, 0.2) is 24.3 Å². The fourth-order valence-corrected chi connectivity index (χ4v) is 2.45. The van der Waals surface area contributed by atoms with E-state index in [0.717, 1.165) is 25.9 Å². The van der Waals surface area contributed by atoms with Gasteiger partial charge in [0.15, 0.2) is 0 Å². The summed E-state index contributed by atoms with van der Waals surface area (Å²) >= 11 is 0. The molecule has 1 atom stereocenters. The average molecular weight is 248 g/mol. The van der Waals surface area contributed by atoms with E-state index in [1.54, 1.807) is 18.2 Å². The van der Waals surface area contributed by atoms with E-state index in [4.69, 9.17) is 5.73 Å². The summed E-state index contributed by atoms with van der Waals surface area (Å²) in [5.41, 5.74) is 6.43. The molecule has 1 aliphatic rings. The Morgan fingerprint density at radius 2 is 2.11 bits per heavy atom. The summed E-state index contributed by atoms with van der Waals surface area (Å²) in [6, 6.07) is 6.71. The molecule has 1 fully saturated rings. The lowest BCUT2D eigenvalue weighted by molar-refractivity contribution is 0.0680. The summed E-state index contributed by atoms with van der Waals surface area (Å²) in [7, 11) is 0. The number of nitrogens with zero attached hydrogens (tertiary/aromatic N) is 1. The molecule has 1 heterocycles. The van der Waals surface area contributed by atoms with Crippen LogP contribution in [-0.4, -0.2) is 35.0 Å². The molecule has 1 saturated heterocycles. The summed E-state index contributed by atoms with van der Waals surface area (Å²) in [6.07, 6.45) is 1.92. The van der Waals surface area contributed by atoms with Crippen molar-refractivity contribution in [2.75, 3.05) is 13.1 Å². The molecule has 1 aromatic carbocycles. The number of phenols is 1. The van der Waals surface area contributed by atoms with E-state index in [9.17, 15) is 9.90 Å². The third kappa shape index (κ3) is 2.82. The lowest BCUT2D eigenvalue weighted by Crippen LogP contribution is -2.42. The topological polar surface area (TPSA) is 66.6 Å². The Morgan fingerprint density at radius 1 is 1.44 bits per heavy atom. The number of benzene rings is 1. The fraction of sp³-hybridized carbons (Fsp3) is 0.500. The number of amides is 1. The van der Waals surface area contributed by atoms with Crippen molar-refractivity contribution in [1.29, 1.82) is 0 Å². The standard InChI is InChI=1S/C14H20N2O2/c1-10(15)11-5-7-16(8-6-11)14(18)12-3-2-4-13(17)9-12/h2-4,9-11,17H,5-8,15H2,1H3. The molecule has 4 nitrogen and oxygen atoms in total. The van der Waals surface area contributed by atoms with Crippen molar-refractivity contribution < 1.29 is 9.90 Å². The first-order valence-electron chi connectivity index (χ1n) is 6.42. The van der Waals surface area contributed by atoms with Crippen molar-refractivity contribution in [1.82, 2.24) is 4.90 Å². The van der Waals surface area contributed by atoms with Crippen LogP contribution < -0.4 is 5.73 Å². The molecule has 1 aromatic rings. The van der Waals surface area contributed by atoms with Crippen LogP contribution in [0, 0.1) is 5.92 Å². The highest BCUT2D eigenvalue weighted by Crippen LogP contribution is 2.21. The number of hydrogen-bond donors (Lipinski definition) is 2. The van der Waals surface area contributed by atoms with Crippen LogP contribution in [0.1, 0.15) is 30.1 Å². The molecule has 1 unspecified atom stereocenters. The molecule has 1 amide bonds. The normalized spacial score (nSPS) is 18.7. The first-order chi connectivity index (χ1) is 8.58. The molecule has 0 spiro atoms. The molecule has 2 rings (SSSR count). The van der Waals surface area contributed by atoms with Crippen molar-refractivity contribution >= 4 is 5.91 Å². The number of piperidine rings is 1. The second-order valence-corrected chi connectivity index (χ2v) is 5.04. The van der Waals surface area contributed by atoms with Gasteiger partial charge in [-0.2, -0.15) is 0 Å². The number of likely N-dealkylation sites (tertiary alicyclic amines) is 1. The Hall–Kier alpha value is -1.55. The molecular weight excluding hydrogens is 228 g/mol. The number of carbonyl (C=O) groups is 1. The van der Waals surface area contributed by atoms with Crippen molar-refractivity contribution in [3.8, 4) is 5.75 Å². The van der Waals surface area contributed by atoms with Crippen molar-refractivity contribution in [2.45, 2.75) is 25.8 Å². The maximum absolute atomic E-state index is 12.2. The summed E-state index contributed by atoms with van der Waals surface area (Å²) in [4.78, 5) is 14.1. The number of carbonyl (C=O) groups excluding carboxylic acids is 1. The molecule has 0 aromatic heterocycles. The monoisotopic (exact) mass is 248 g/mol. The molecule has 3 N–H and O–H groups in total. The van der Waals surface area contributed by atoms with Gasteiger partial charge in [0, 0.05) is 24.7 Å². The highest BCUT2D eigenvalue weighted by molar-refractivity contribution is 5.94. The Kier molecular flexibility index (Phi) is 3.87. The van der Waals surface area contributed by atoms with E-state index < -0.39 is 0 Å². The van der Waals surface area contributed by atoms with Crippen LogP contribution in [0.2, 0.25) is 0 Å². The van der Waals surface area contributed by atoms with Crippen molar-refractivity contribution in [2.24, 2.45) is 11.7 Å². The van der Waals surface area contributed by atoms with Crippen LogP contribution in [0.5, 0.6) is 5.75 Å². The van der Waals surface area contributed by atoms with Crippen molar-refractivity contribution in [3.05, 3.63) is 29.8 Å². The Balaban J connectivity index is 1.99.